The first-order valence-electron chi connectivity index (χ1n) is 10.1. The highest BCUT2D eigenvalue weighted by molar-refractivity contribution is 5.74. The second-order valence-corrected chi connectivity index (χ2v) is 7.77. The quantitative estimate of drug-likeness (QED) is 0.767. The molecule has 3 rings (SSSR count). The van der Waals surface area contributed by atoms with E-state index in [2.05, 4.69) is 46.7 Å². The number of hydrogen-bond donors (Lipinski definition) is 2. The molecule has 0 radical (unpaired) electrons. The van der Waals surface area contributed by atoms with Gasteiger partial charge in [-0.15, -0.1) is 0 Å². The van der Waals surface area contributed by atoms with Crippen LogP contribution in [-0.2, 0) is 6.54 Å². The molecule has 2 amide bonds. The molecule has 1 aliphatic rings. The van der Waals surface area contributed by atoms with Gasteiger partial charge in [0.15, 0.2) is 0 Å². The van der Waals surface area contributed by atoms with Crippen LogP contribution in [0.1, 0.15) is 42.5 Å². The summed E-state index contributed by atoms with van der Waals surface area (Å²) in [5.74, 6) is 0.208. The summed E-state index contributed by atoms with van der Waals surface area (Å²) in [6, 6.07) is 12.5. The smallest absolute Gasteiger partial charge is 0.315 e. The monoisotopic (exact) mass is 399 g/mol. The van der Waals surface area contributed by atoms with Crippen LogP contribution in [-0.4, -0.2) is 37.2 Å². The number of likely N-dealkylation sites (tertiary alicyclic amines) is 1. The Bertz CT molecular complexity index is 835. The van der Waals surface area contributed by atoms with E-state index in [4.69, 9.17) is 4.74 Å². The van der Waals surface area contributed by atoms with Crippen molar-refractivity contribution in [1.82, 2.24) is 15.5 Å². The lowest BCUT2D eigenvalue weighted by Crippen LogP contribution is -2.48. The van der Waals surface area contributed by atoms with E-state index in [1.807, 2.05) is 6.92 Å². The van der Waals surface area contributed by atoms with E-state index >= 15 is 0 Å². The molecule has 1 atom stereocenters. The SMILES string of the molecule is COc1ccc(F)cc1[C@H](C)NC(=O)NC1CCN(Cc2cccc(C)c2)CC1. The minimum Gasteiger partial charge on any atom is -0.496 e. The van der Waals surface area contributed by atoms with Crippen LogP contribution in [0, 0.1) is 12.7 Å². The van der Waals surface area contributed by atoms with Gasteiger partial charge in [0.1, 0.15) is 11.6 Å². The van der Waals surface area contributed by atoms with Crippen LogP contribution in [0.15, 0.2) is 42.5 Å². The van der Waals surface area contributed by atoms with Crippen LogP contribution in [0.25, 0.3) is 0 Å². The lowest BCUT2D eigenvalue weighted by molar-refractivity contribution is 0.186. The van der Waals surface area contributed by atoms with Crippen molar-refractivity contribution in [3.8, 4) is 5.75 Å². The number of urea groups is 1. The molecule has 0 bridgehead atoms. The van der Waals surface area contributed by atoms with Crippen molar-refractivity contribution in [1.29, 1.82) is 0 Å². The molecule has 0 spiro atoms. The van der Waals surface area contributed by atoms with E-state index < -0.39 is 0 Å². The van der Waals surface area contributed by atoms with Gasteiger partial charge in [0.25, 0.3) is 0 Å². The number of methoxy groups -OCH3 is 1. The first kappa shape index (κ1) is 21.1. The molecule has 1 heterocycles. The Labute approximate surface area is 172 Å². The fraction of sp³-hybridized carbons (Fsp3) is 0.435. The summed E-state index contributed by atoms with van der Waals surface area (Å²) in [7, 11) is 1.54. The highest BCUT2D eigenvalue weighted by atomic mass is 19.1. The topological polar surface area (TPSA) is 53.6 Å². The van der Waals surface area contributed by atoms with Gasteiger partial charge in [0, 0.05) is 31.2 Å². The number of carbonyl (C=O) groups is 1. The summed E-state index contributed by atoms with van der Waals surface area (Å²) >= 11 is 0. The van der Waals surface area contributed by atoms with Crippen molar-refractivity contribution in [2.45, 2.75) is 45.3 Å². The molecule has 1 fully saturated rings. The van der Waals surface area contributed by atoms with Gasteiger partial charge < -0.3 is 15.4 Å². The van der Waals surface area contributed by atoms with Crippen molar-refractivity contribution >= 4 is 6.03 Å². The summed E-state index contributed by atoms with van der Waals surface area (Å²) in [5.41, 5.74) is 3.22. The second-order valence-electron chi connectivity index (χ2n) is 7.77. The maximum Gasteiger partial charge on any atom is 0.315 e. The van der Waals surface area contributed by atoms with Crippen molar-refractivity contribution in [3.05, 3.63) is 65.0 Å². The Balaban J connectivity index is 1.46. The Morgan fingerprint density at radius 1 is 1.24 bits per heavy atom. The average molecular weight is 400 g/mol. The van der Waals surface area contributed by atoms with E-state index in [0.717, 1.165) is 32.5 Å². The van der Waals surface area contributed by atoms with Crippen molar-refractivity contribution in [2.75, 3.05) is 20.2 Å². The van der Waals surface area contributed by atoms with Gasteiger partial charge in [-0.25, -0.2) is 9.18 Å². The highest BCUT2D eigenvalue weighted by Gasteiger charge is 2.22. The fourth-order valence-electron chi connectivity index (χ4n) is 3.85. The van der Waals surface area contributed by atoms with Crippen molar-refractivity contribution < 1.29 is 13.9 Å². The van der Waals surface area contributed by atoms with Crippen LogP contribution in [0.3, 0.4) is 0 Å². The molecule has 2 aromatic carbocycles. The van der Waals surface area contributed by atoms with Crippen LogP contribution in [0.5, 0.6) is 5.75 Å². The molecule has 0 unspecified atom stereocenters. The first-order chi connectivity index (χ1) is 13.9. The number of nitrogens with zero attached hydrogens (tertiary/aromatic N) is 1. The molecule has 6 heteroatoms. The number of hydrogen-bond acceptors (Lipinski definition) is 3. The number of carbonyl (C=O) groups excluding carboxylic acids is 1. The number of nitrogens with one attached hydrogen (secondary N) is 2. The molecule has 2 aromatic rings. The maximum atomic E-state index is 13.6. The van der Waals surface area contributed by atoms with Gasteiger partial charge in [-0.3, -0.25) is 4.90 Å². The summed E-state index contributed by atoms with van der Waals surface area (Å²) in [6.45, 7) is 6.77. The number of aryl methyl sites for hydroxylation is 1. The van der Waals surface area contributed by atoms with E-state index in [1.165, 1.54) is 30.4 Å². The Morgan fingerprint density at radius 3 is 2.69 bits per heavy atom. The van der Waals surface area contributed by atoms with Gasteiger partial charge in [-0.2, -0.15) is 0 Å². The Hall–Kier alpha value is -2.60. The third kappa shape index (κ3) is 5.94. The molecule has 1 saturated heterocycles. The number of amides is 2. The van der Waals surface area contributed by atoms with E-state index in [1.54, 1.807) is 6.07 Å². The van der Waals surface area contributed by atoms with Crippen molar-refractivity contribution in [3.63, 3.8) is 0 Å². The largest absolute Gasteiger partial charge is 0.496 e. The minimum absolute atomic E-state index is 0.144. The Kier molecular flexibility index (Phi) is 7.09. The van der Waals surface area contributed by atoms with Crippen LogP contribution >= 0.6 is 0 Å². The van der Waals surface area contributed by atoms with E-state index in [9.17, 15) is 9.18 Å². The second kappa shape index (κ2) is 9.74. The predicted octanol–water partition coefficient (Wildman–Crippen LogP) is 4.17. The molecule has 0 aromatic heterocycles. The van der Waals surface area contributed by atoms with Gasteiger partial charge in [-0.05, 0) is 50.5 Å². The molecule has 0 aliphatic carbocycles. The standard InChI is InChI=1S/C23H30FN3O2/c1-16-5-4-6-18(13-16)15-27-11-9-20(10-12-27)26-23(28)25-17(2)21-14-19(24)7-8-22(21)29-3/h4-8,13-14,17,20H,9-12,15H2,1-3H3,(H2,25,26,28)/t17-/m0/s1. The third-order valence-electron chi connectivity index (χ3n) is 5.42. The molecular weight excluding hydrogens is 369 g/mol. The normalized spacial score (nSPS) is 16.3. The summed E-state index contributed by atoms with van der Waals surface area (Å²) in [4.78, 5) is 14.8. The number of benzene rings is 2. The van der Waals surface area contributed by atoms with Crippen LogP contribution in [0.4, 0.5) is 9.18 Å². The van der Waals surface area contributed by atoms with Gasteiger partial charge in [-0.1, -0.05) is 29.8 Å². The zero-order valence-electron chi connectivity index (χ0n) is 17.4. The molecule has 5 nitrogen and oxygen atoms in total. The molecular formula is C23H30FN3O2. The molecule has 1 aliphatic heterocycles. The number of ether oxygens (including phenoxy) is 1. The summed E-state index contributed by atoms with van der Waals surface area (Å²) < 4.78 is 18.9. The fourth-order valence-corrected chi connectivity index (χ4v) is 3.85. The number of halogens is 1. The molecule has 156 valence electrons. The lowest BCUT2D eigenvalue weighted by atomic mass is 10.0. The lowest BCUT2D eigenvalue weighted by Gasteiger charge is -2.32. The van der Waals surface area contributed by atoms with E-state index in [0.29, 0.717) is 11.3 Å². The Morgan fingerprint density at radius 2 is 2.00 bits per heavy atom. The molecule has 29 heavy (non-hydrogen) atoms. The average Bonchev–Trinajstić information content (AvgIpc) is 2.69. The summed E-state index contributed by atoms with van der Waals surface area (Å²) in [6.07, 6.45) is 1.83. The molecule has 0 saturated carbocycles. The molecule has 2 N–H and O–H groups in total. The zero-order chi connectivity index (χ0) is 20.8. The third-order valence-corrected chi connectivity index (χ3v) is 5.42. The van der Waals surface area contributed by atoms with E-state index in [-0.39, 0.29) is 23.9 Å². The van der Waals surface area contributed by atoms with Gasteiger partial charge in [0.05, 0.1) is 13.2 Å². The van der Waals surface area contributed by atoms with Crippen LogP contribution in [0.2, 0.25) is 0 Å². The maximum absolute atomic E-state index is 13.6. The summed E-state index contributed by atoms with van der Waals surface area (Å²) in [5, 5.41) is 5.95. The first-order valence-corrected chi connectivity index (χ1v) is 10.1. The highest BCUT2D eigenvalue weighted by Crippen LogP contribution is 2.25. The van der Waals surface area contributed by atoms with Crippen LogP contribution < -0.4 is 15.4 Å². The van der Waals surface area contributed by atoms with Gasteiger partial charge in [0.2, 0.25) is 0 Å². The van der Waals surface area contributed by atoms with Gasteiger partial charge >= 0.3 is 6.03 Å². The zero-order valence-corrected chi connectivity index (χ0v) is 17.4. The number of rotatable bonds is 6. The van der Waals surface area contributed by atoms with Crippen molar-refractivity contribution in [2.24, 2.45) is 0 Å². The predicted molar refractivity (Wildman–Crippen MR) is 113 cm³/mol. The minimum atomic E-state index is -0.359. The number of piperidine rings is 1.